The molecule has 0 saturated heterocycles. The zero-order valence-electron chi connectivity index (χ0n) is 11.7. The molecule has 1 atom stereocenters. The second-order valence-electron chi connectivity index (χ2n) is 5.30. The molecule has 0 aliphatic carbocycles. The van der Waals surface area contributed by atoms with E-state index >= 15 is 0 Å². The average molecular weight is 267 g/mol. The molecule has 106 valence electrons. The first-order valence-electron chi connectivity index (χ1n) is 6.46. The second-order valence-corrected chi connectivity index (χ2v) is 5.30. The van der Waals surface area contributed by atoms with Crippen molar-refractivity contribution in [1.29, 1.82) is 0 Å². The van der Waals surface area contributed by atoms with E-state index in [9.17, 15) is 9.18 Å². The van der Waals surface area contributed by atoms with Crippen LogP contribution in [0, 0.1) is 11.7 Å². The number of carbonyl (C=O) groups is 1. The van der Waals surface area contributed by atoms with Crippen LogP contribution in [0.4, 0.5) is 15.8 Å². The third-order valence-corrected chi connectivity index (χ3v) is 2.98. The number of rotatable bonds is 6. The molecule has 5 N–H and O–H groups in total. The lowest BCUT2D eigenvalue weighted by atomic mass is 10.0. The average Bonchev–Trinajstić information content (AvgIpc) is 2.29. The topological polar surface area (TPSA) is 81.1 Å². The lowest BCUT2D eigenvalue weighted by molar-refractivity contribution is 0.100. The van der Waals surface area contributed by atoms with Gasteiger partial charge in [0.15, 0.2) is 0 Å². The highest BCUT2D eigenvalue weighted by Gasteiger charge is 2.13. The van der Waals surface area contributed by atoms with E-state index in [1.165, 1.54) is 6.07 Å². The quantitative estimate of drug-likeness (QED) is 0.693. The molecule has 0 aliphatic rings. The summed E-state index contributed by atoms with van der Waals surface area (Å²) in [6.07, 6.45) is 1.97. The highest BCUT2D eigenvalue weighted by atomic mass is 19.1. The lowest BCUT2D eigenvalue weighted by Gasteiger charge is -2.18. The van der Waals surface area contributed by atoms with Gasteiger partial charge in [-0.3, -0.25) is 4.79 Å². The highest BCUT2D eigenvalue weighted by Crippen LogP contribution is 2.23. The molecule has 0 spiro atoms. The Kier molecular flexibility index (Phi) is 5.15. The van der Waals surface area contributed by atoms with Crippen LogP contribution in [0.25, 0.3) is 0 Å². The Morgan fingerprint density at radius 3 is 2.47 bits per heavy atom. The van der Waals surface area contributed by atoms with Gasteiger partial charge in [-0.1, -0.05) is 13.8 Å². The Balaban J connectivity index is 2.83. The molecule has 1 amide bonds. The number of amides is 1. The number of hydrogen-bond donors (Lipinski definition) is 3. The number of nitrogen functional groups attached to an aromatic ring is 1. The summed E-state index contributed by atoms with van der Waals surface area (Å²) in [5.41, 5.74) is 11.2. The van der Waals surface area contributed by atoms with E-state index in [1.807, 2.05) is 6.92 Å². The minimum Gasteiger partial charge on any atom is -0.398 e. The number of carbonyl (C=O) groups excluding carboxylic acids is 1. The highest BCUT2D eigenvalue weighted by molar-refractivity contribution is 5.99. The number of hydrogen-bond acceptors (Lipinski definition) is 3. The van der Waals surface area contributed by atoms with E-state index in [2.05, 4.69) is 19.2 Å². The Morgan fingerprint density at radius 1 is 1.32 bits per heavy atom. The van der Waals surface area contributed by atoms with Gasteiger partial charge in [0.2, 0.25) is 0 Å². The van der Waals surface area contributed by atoms with Crippen LogP contribution in [-0.2, 0) is 0 Å². The van der Waals surface area contributed by atoms with Crippen LogP contribution < -0.4 is 16.8 Å². The first kappa shape index (κ1) is 15.3. The summed E-state index contributed by atoms with van der Waals surface area (Å²) in [4.78, 5) is 11.2. The number of benzene rings is 1. The third-order valence-electron chi connectivity index (χ3n) is 2.98. The maximum absolute atomic E-state index is 13.8. The molecule has 0 saturated carbocycles. The van der Waals surface area contributed by atoms with Crippen molar-refractivity contribution in [2.75, 3.05) is 11.1 Å². The summed E-state index contributed by atoms with van der Waals surface area (Å²) < 4.78 is 13.8. The van der Waals surface area contributed by atoms with Crippen molar-refractivity contribution in [3.05, 3.63) is 23.5 Å². The van der Waals surface area contributed by atoms with Gasteiger partial charge in [0.1, 0.15) is 5.82 Å². The predicted octanol–water partition coefficient (Wildman–Crippen LogP) is 2.74. The second kappa shape index (κ2) is 6.41. The van der Waals surface area contributed by atoms with Crippen LogP contribution in [0.5, 0.6) is 0 Å². The molecule has 19 heavy (non-hydrogen) atoms. The third kappa shape index (κ3) is 4.43. The minimum atomic E-state index is -0.657. The van der Waals surface area contributed by atoms with Gasteiger partial charge < -0.3 is 16.8 Å². The van der Waals surface area contributed by atoms with Gasteiger partial charge in [0.25, 0.3) is 5.91 Å². The van der Waals surface area contributed by atoms with Crippen LogP contribution in [0.3, 0.4) is 0 Å². The molecule has 0 aliphatic heterocycles. The van der Waals surface area contributed by atoms with Crippen molar-refractivity contribution < 1.29 is 9.18 Å². The summed E-state index contributed by atoms with van der Waals surface area (Å²) >= 11 is 0. The standard InChI is InChI=1S/C14H22FN3O/c1-8(2)4-5-9(3)18-13-6-10(14(17)19)12(16)7-11(13)15/h6-9,18H,4-5,16H2,1-3H3,(H2,17,19). The van der Waals surface area contributed by atoms with E-state index in [1.54, 1.807) is 0 Å². The fourth-order valence-corrected chi connectivity index (χ4v) is 1.83. The molecule has 1 rings (SSSR count). The molecule has 5 heteroatoms. The van der Waals surface area contributed by atoms with Crippen LogP contribution in [0.2, 0.25) is 0 Å². The number of anilines is 2. The van der Waals surface area contributed by atoms with Gasteiger partial charge in [-0.25, -0.2) is 4.39 Å². The molecule has 0 bridgehead atoms. The number of primary amides is 1. The van der Waals surface area contributed by atoms with Gasteiger partial charge in [-0.2, -0.15) is 0 Å². The van der Waals surface area contributed by atoms with Crippen molar-refractivity contribution in [3.8, 4) is 0 Å². The molecular formula is C14H22FN3O. The normalized spacial score (nSPS) is 12.5. The molecule has 0 fully saturated rings. The van der Waals surface area contributed by atoms with E-state index in [0.29, 0.717) is 5.92 Å². The first-order chi connectivity index (χ1) is 8.81. The van der Waals surface area contributed by atoms with E-state index in [4.69, 9.17) is 11.5 Å². The molecule has 0 radical (unpaired) electrons. The van der Waals surface area contributed by atoms with Crippen molar-refractivity contribution in [2.24, 2.45) is 11.7 Å². The van der Waals surface area contributed by atoms with Crippen molar-refractivity contribution >= 4 is 17.3 Å². The van der Waals surface area contributed by atoms with Gasteiger partial charge in [-0.15, -0.1) is 0 Å². The molecule has 1 aromatic rings. The SMILES string of the molecule is CC(C)CCC(C)Nc1cc(C(N)=O)c(N)cc1F. The van der Waals surface area contributed by atoms with Gasteiger partial charge >= 0.3 is 0 Å². The van der Waals surface area contributed by atoms with Crippen LogP contribution in [0.15, 0.2) is 12.1 Å². The van der Waals surface area contributed by atoms with Crippen LogP contribution in [0.1, 0.15) is 44.0 Å². The van der Waals surface area contributed by atoms with E-state index in [-0.39, 0.29) is 23.0 Å². The number of halogens is 1. The maximum atomic E-state index is 13.8. The smallest absolute Gasteiger partial charge is 0.250 e. The fourth-order valence-electron chi connectivity index (χ4n) is 1.83. The van der Waals surface area contributed by atoms with E-state index in [0.717, 1.165) is 18.9 Å². The maximum Gasteiger partial charge on any atom is 0.250 e. The van der Waals surface area contributed by atoms with Crippen molar-refractivity contribution in [2.45, 2.75) is 39.7 Å². The summed E-state index contributed by atoms with van der Waals surface area (Å²) in [6, 6.07) is 2.61. The Bertz CT molecular complexity index is 460. The Morgan fingerprint density at radius 2 is 1.95 bits per heavy atom. The molecule has 1 unspecified atom stereocenters. The van der Waals surface area contributed by atoms with Gasteiger partial charge in [0, 0.05) is 11.7 Å². The zero-order valence-corrected chi connectivity index (χ0v) is 11.7. The van der Waals surface area contributed by atoms with Crippen LogP contribution >= 0.6 is 0 Å². The summed E-state index contributed by atoms with van der Waals surface area (Å²) in [5, 5.41) is 3.05. The summed E-state index contributed by atoms with van der Waals surface area (Å²) in [6.45, 7) is 6.26. The molecule has 0 aromatic heterocycles. The Hall–Kier alpha value is -1.78. The van der Waals surface area contributed by atoms with Gasteiger partial charge in [-0.05, 0) is 37.8 Å². The fraction of sp³-hybridized carbons (Fsp3) is 0.500. The zero-order chi connectivity index (χ0) is 14.6. The minimum absolute atomic E-state index is 0.0605. The first-order valence-corrected chi connectivity index (χ1v) is 6.46. The Labute approximate surface area is 113 Å². The summed E-state index contributed by atoms with van der Waals surface area (Å²) in [7, 11) is 0. The predicted molar refractivity (Wildman–Crippen MR) is 76.5 cm³/mol. The number of nitrogens with one attached hydrogen (secondary N) is 1. The number of nitrogens with two attached hydrogens (primary N) is 2. The summed E-state index contributed by atoms with van der Waals surface area (Å²) in [5.74, 6) is -0.532. The monoisotopic (exact) mass is 267 g/mol. The lowest BCUT2D eigenvalue weighted by Crippen LogP contribution is -2.19. The molecule has 4 nitrogen and oxygen atoms in total. The van der Waals surface area contributed by atoms with E-state index < -0.39 is 11.7 Å². The van der Waals surface area contributed by atoms with Gasteiger partial charge in [0.05, 0.1) is 11.3 Å². The van der Waals surface area contributed by atoms with Crippen LogP contribution in [-0.4, -0.2) is 11.9 Å². The van der Waals surface area contributed by atoms with Crippen molar-refractivity contribution in [3.63, 3.8) is 0 Å². The van der Waals surface area contributed by atoms with Crippen molar-refractivity contribution in [1.82, 2.24) is 0 Å². The largest absolute Gasteiger partial charge is 0.398 e. The molecule has 0 heterocycles. The molecule has 1 aromatic carbocycles. The molecular weight excluding hydrogens is 245 g/mol.